The molecule has 18 heteroatoms. The normalized spacial score (nSPS) is 20.4. The fourth-order valence-electron chi connectivity index (χ4n) is 4.83. The minimum Gasteiger partial charge on any atom is -0.479 e. The zero-order chi connectivity index (χ0) is 32.6. The Balaban J connectivity index is 0.00000139. The van der Waals surface area contributed by atoms with Gasteiger partial charge in [0.1, 0.15) is 17.7 Å². The number of hydrogen-bond donors (Lipinski definition) is 1. The van der Waals surface area contributed by atoms with E-state index in [0.29, 0.717) is 19.8 Å². The molecule has 16 nitrogen and oxygen atoms in total. The minimum absolute atomic E-state index is 0. The van der Waals surface area contributed by atoms with E-state index in [4.69, 9.17) is 23.7 Å². The summed E-state index contributed by atoms with van der Waals surface area (Å²) < 4.78 is 73.7. The highest BCUT2D eigenvalue weighted by Gasteiger charge is 2.39. The van der Waals surface area contributed by atoms with E-state index in [2.05, 4.69) is 48.7 Å². The molecule has 0 aliphatic carbocycles. The highest BCUT2D eigenvalue weighted by Crippen LogP contribution is 2.35. The SMILES string of the molecule is CCC.COc1ncnc(OC)c1-n1c(NS(=O)(=O)[C@H]2C[C@@H](OC(C)C)CN(c3ncc(F)cn3)C2)nnc1[C@@H]1COCCO1.[HH]. The van der Waals surface area contributed by atoms with Crippen molar-refractivity contribution < 1.29 is 37.9 Å². The zero-order valence-electron chi connectivity index (χ0n) is 26.2. The predicted molar refractivity (Wildman–Crippen MR) is 163 cm³/mol. The molecule has 0 aromatic carbocycles. The standard InChI is InChI=1S/C24H32FN9O7S.C3H8.H2/c1-14(2)41-16-7-17(11-33(10-16)23-26-8-15(25)9-27-23)42(35,36)32-24-31-30-20(18-12-39-5-6-40-18)34(24)19-21(37-3)28-13-29-22(19)38-4;1-3-2;/h8-9,13-14,16-18H,5-7,10-12H2,1-4H3,(H,31,32);3H2,1-2H3;1H/t16-,17+,18+;;/m1../s1. The lowest BCUT2D eigenvalue weighted by molar-refractivity contribution is -0.0941. The molecule has 0 unspecified atom stereocenters. The first-order chi connectivity index (χ1) is 21.6. The van der Waals surface area contributed by atoms with Gasteiger partial charge in [0.2, 0.25) is 33.7 Å². The summed E-state index contributed by atoms with van der Waals surface area (Å²) in [6.07, 6.45) is 3.41. The van der Waals surface area contributed by atoms with Gasteiger partial charge in [-0.05, 0) is 20.3 Å². The molecule has 250 valence electrons. The average Bonchev–Trinajstić information content (AvgIpc) is 3.43. The summed E-state index contributed by atoms with van der Waals surface area (Å²) in [6, 6.07) is 0. The molecule has 0 amide bonds. The first kappa shape index (κ1) is 34.1. The Labute approximate surface area is 263 Å². The first-order valence-electron chi connectivity index (χ1n) is 14.6. The molecule has 3 aromatic rings. The number of piperidine rings is 1. The number of ether oxygens (including phenoxy) is 5. The molecule has 2 aliphatic heterocycles. The van der Waals surface area contributed by atoms with Crippen LogP contribution in [0.15, 0.2) is 18.7 Å². The van der Waals surface area contributed by atoms with E-state index in [-0.39, 0.29) is 62.3 Å². The van der Waals surface area contributed by atoms with E-state index in [1.54, 1.807) is 4.90 Å². The van der Waals surface area contributed by atoms with Gasteiger partial charge < -0.3 is 28.6 Å². The zero-order valence-corrected chi connectivity index (χ0v) is 27.0. The summed E-state index contributed by atoms with van der Waals surface area (Å²) >= 11 is 0. The fourth-order valence-corrected chi connectivity index (χ4v) is 6.22. The number of halogens is 1. The van der Waals surface area contributed by atoms with Crippen molar-refractivity contribution in [1.82, 2.24) is 34.7 Å². The van der Waals surface area contributed by atoms with Crippen molar-refractivity contribution in [2.45, 2.75) is 64.1 Å². The molecule has 5 rings (SSSR count). The Morgan fingerprint density at radius 2 is 1.73 bits per heavy atom. The van der Waals surface area contributed by atoms with Crippen LogP contribution in [0, 0.1) is 5.82 Å². The summed E-state index contributed by atoms with van der Waals surface area (Å²) in [5, 5.41) is 7.41. The Morgan fingerprint density at radius 1 is 1.07 bits per heavy atom. The Morgan fingerprint density at radius 3 is 2.31 bits per heavy atom. The molecule has 2 fully saturated rings. The molecular formula is C27H42FN9O7S. The van der Waals surface area contributed by atoms with Crippen LogP contribution in [0.5, 0.6) is 11.8 Å². The van der Waals surface area contributed by atoms with Crippen molar-refractivity contribution >= 4 is 21.9 Å². The van der Waals surface area contributed by atoms with E-state index in [0.717, 1.165) is 12.4 Å². The second kappa shape index (κ2) is 15.5. The largest absolute Gasteiger partial charge is 0.479 e. The Bertz CT molecular complexity index is 1470. The van der Waals surface area contributed by atoms with Crippen LogP contribution in [-0.4, -0.2) is 108 Å². The van der Waals surface area contributed by atoms with Gasteiger partial charge in [-0.25, -0.2) is 22.8 Å². The van der Waals surface area contributed by atoms with Crippen LogP contribution >= 0.6 is 0 Å². The van der Waals surface area contributed by atoms with Gasteiger partial charge in [-0.3, -0.25) is 9.29 Å². The van der Waals surface area contributed by atoms with Crippen LogP contribution in [0.4, 0.5) is 16.3 Å². The second-order valence-corrected chi connectivity index (χ2v) is 12.5. The number of nitrogens with one attached hydrogen (secondary N) is 1. The Kier molecular flexibility index (Phi) is 11.8. The number of sulfonamides is 1. The minimum atomic E-state index is -4.16. The van der Waals surface area contributed by atoms with Gasteiger partial charge in [0.05, 0.1) is 58.6 Å². The number of hydrogen-bond acceptors (Lipinski definition) is 14. The maximum absolute atomic E-state index is 14.0. The molecule has 0 spiro atoms. The topological polar surface area (TPSA) is 178 Å². The third-order valence-electron chi connectivity index (χ3n) is 6.56. The summed E-state index contributed by atoms with van der Waals surface area (Å²) in [5.74, 6) is -0.184. The van der Waals surface area contributed by atoms with Gasteiger partial charge in [-0.1, -0.05) is 20.3 Å². The molecule has 0 bridgehead atoms. The molecule has 0 saturated carbocycles. The lowest BCUT2D eigenvalue weighted by atomic mass is 10.1. The molecular weight excluding hydrogens is 613 g/mol. The van der Waals surface area contributed by atoms with Gasteiger partial charge >= 0.3 is 0 Å². The van der Waals surface area contributed by atoms with Crippen molar-refractivity contribution in [3.8, 4) is 17.4 Å². The molecule has 0 radical (unpaired) electrons. The summed E-state index contributed by atoms with van der Waals surface area (Å²) in [7, 11) is -1.35. The van der Waals surface area contributed by atoms with Crippen LogP contribution in [-0.2, 0) is 24.2 Å². The fraction of sp³-hybridized carbons (Fsp3) is 0.630. The molecule has 1 N–H and O–H groups in total. The lowest BCUT2D eigenvalue weighted by Gasteiger charge is -2.37. The predicted octanol–water partition coefficient (Wildman–Crippen LogP) is 2.57. The van der Waals surface area contributed by atoms with E-state index in [9.17, 15) is 12.8 Å². The molecule has 45 heavy (non-hydrogen) atoms. The maximum atomic E-state index is 14.0. The van der Waals surface area contributed by atoms with E-state index in [1.807, 2.05) is 13.8 Å². The van der Waals surface area contributed by atoms with E-state index in [1.165, 1.54) is 31.5 Å². The molecule has 5 heterocycles. The third kappa shape index (κ3) is 8.30. The van der Waals surface area contributed by atoms with Crippen LogP contribution in [0.25, 0.3) is 5.69 Å². The highest BCUT2D eigenvalue weighted by molar-refractivity contribution is 7.93. The van der Waals surface area contributed by atoms with Gasteiger partial charge in [0.25, 0.3) is 0 Å². The second-order valence-electron chi connectivity index (χ2n) is 10.5. The van der Waals surface area contributed by atoms with Crippen molar-refractivity contribution in [2.75, 3.05) is 56.8 Å². The molecule has 3 atom stereocenters. The lowest BCUT2D eigenvalue weighted by Crippen LogP contribution is -2.51. The summed E-state index contributed by atoms with van der Waals surface area (Å²) in [6.45, 7) is 9.18. The van der Waals surface area contributed by atoms with Gasteiger partial charge in [0.15, 0.2) is 17.3 Å². The van der Waals surface area contributed by atoms with Crippen LogP contribution < -0.4 is 19.1 Å². The number of anilines is 2. The highest BCUT2D eigenvalue weighted by atomic mass is 32.2. The Hall–Kier alpha value is -3.74. The van der Waals surface area contributed by atoms with Crippen LogP contribution in [0.1, 0.15) is 53.9 Å². The van der Waals surface area contributed by atoms with Crippen molar-refractivity contribution in [2.24, 2.45) is 0 Å². The smallest absolute Gasteiger partial charge is 0.245 e. The number of methoxy groups -OCH3 is 2. The van der Waals surface area contributed by atoms with Crippen molar-refractivity contribution in [1.29, 1.82) is 0 Å². The van der Waals surface area contributed by atoms with Crippen LogP contribution in [0.3, 0.4) is 0 Å². The number of rotatable bonds is 10. The summed E-state index contributed by atoms with van der Waals surface area (Å²) in [4.78, 5) is 18.0. The van der Waals surface area contributed by atoms with E-state index < -0.39 is 33.3 Å². The van der Waals surface area contributed by atoms with Crippen molar-refractivity contribution in [3.63, 3.8) is 0 Å². The average molecular weight is 656 g/mol. The summed E-state index contributed by atoms with van der Waals surface area (Å²) in [5.41, 5.74) is 0.167. The molecule has 2 saturated heterocycles. The van der Waals surface area contributed by atoms with E-state index >= 15 is 0 Å². The van der Waals surface area contributed by atoms with Gasteiger partial charge in [-0.2, -0.15) is 9.97 Å². The maximum Gasteiger partial charge on any atom is 0.245 e. The van der Waals surface area contributed by atoms with Gasteiger partial charge in [0, 0.05) is 14.5 Å². The number of nitrogens with zero attached hydrogens (tertiary/aromatic N) is 8. The van der Waals surface area contributed by atoms with Crippen molar-refractivity contribution in [3.05, 3.63) is 30.4 Å². The third-order valence-corrected chi connectivity index (χ3v) is 8.24. The van der Waals surface area contributed by atoms with Gasteiger partial charge in [-0.15, -0.1) is 10.2 Å². The molecule has 2 aliphatic rings. The first-order valence-corrected chi connectivity index (χ1v) is 16.1. The van der Waals surface area contributed by atoms with Crippen LogP contribution in [0.2, 0.25) is 0 Å². The number of aromatic nitrogens is 7. The monoisotopic (exact) mass is 655 g/mol. The quantitative estimate of drug-likeness (QED) is 0.337. The molecule has 3 aromatic heterocycles.